The second kappa shape index (κ2) is 51.9. The fraction of sp³-hybridized carbons (Fsp3) is 0. The van der Waals surface area contributed by atoms with Gasteiger partial charge >= 0.3 is 60.8 Å². The molecule has 0 aromatic heterocycles. The summed E-state index contributed by atoms with van der Waals surface area (Å²) in [5, 5.41) is 0. The molecule has 0 aliphatic heterocycles. The maximum atomic E-state index is 0. The van der Waals surface area contributed by atoms with Gasteiger partial charge in [0, 0.05) is 0 Å². The quantitative estimate of drug-likeness (QED) is 0.317. The average Bonchev–Trinajstić information content (AvgIpc) is 0. The Morgan fingerprint density at radius 3 is 0.833 bits per heavy atom. The molecule has 3 nitrogen and oxygen atoms in total. The predicted molar refractivity (Wildman–Crippen MR) is 36.7 cm³/mol. The molecule has 0 unspecified atom stereocenters. The van der Waals surface area contributed by atoms with Crippen LogP contribution < -0.4 is 0 Å². The first-order valence-corrected chi connectivity index (χ1v) is 0. The van der Waals surface area contributed by atoms with Gasteiger partial charge in [0.2, 0.25) is 0 Å². The minimum Gasteiger partial charge on any atom is -1.00 e. The molecule has 0 atom stereocenters. The molecular formula is H13AlCaMgO3. The van der Waals surface area contributed by atoms with Crippen LogP contribution >= 0.6 is 0 Å². The van der Waals surface area contributed by atoms with Crippen molar-refractivity contribution in [2.24, 2.45) is 0 Å². The summed E-state index contributed by atoms with van der Waals surface area (Å²) < 4.78 is 0. The molecule has 6 heavy (non-hydrogen) atoms. The fourth-order valence-corrected chi connectivity index (χ4v) is 0. The second-order valence-electron chi connectivity index (χ2n) is 0. The van der Waals surface area contributed by atoms with E-state index < -0.39 is 0 Å². The van der Waals surface area contributed by atoms with E-state index >= 15 is 0 Å². The van der Waals surface area contributed by atoms with Gasteiger partial charge in [0.1, 0.15) is 0 Å². The van der Waals surface area contributed by atoms with E-state index in [1.165, 1.54) is 0 Å². The molecule has 0 spiro atoms. The van der Waals surface area contributed by atoms with Gasteiger partial charge < -0.3 is 22.1 Å². The van der Waals surface area contributed by atoms with Crippen molar-refractivity contribution in [3.63, 3.8) is 0 Å². The topological polar surface area (TPSA) is 94.5 Å². The Bertz CT molecular complexity index is 20.5. The molecule has 0 bridgehead atoms. The van der Waals surface area contributed by atoms with Gasteiger partial charge in [0.15, 0.2) is 17.4 Å². The van der Waals surface area contributed by atoms with E-state index in [0.29, 0.717) is 0 Å². The summed E-state index contributed by atoms with van der Waals surface area (Å²) in [5.41, 5.74) is 0. The molecule has 0 aliphatic rings. The summed E-state index contributed by atoms with van der Waals surface area (Å²) >= 11 is 0. The van der Waals surface area contributed by atoms with Crippen molar-refractivity contribution in [1.29, 1.82) is 0 Å². The molecule has 0 amide bonds. The Labute approximate surface area is 99.0 Å². The van der Waals surface area contributed by atoms with Crippen LogP contribution in [0.25, 0.3) is 0 Å². The van der Waals surface area contributed by atoms with Crippen LogP contribution in [-0.4, -0.2) is 94.6 Å². The summed E-state index contributed by atoms with van der Waals surface area (Å²) in [6.07, 6.45) is 0. The fourth-order valence-electron chi connectivity index (χ4n) is 0. The summed E-state index contributed by atoms with van der Waals surface area (Å²) in [4.78, 5) is 0. The normalized spacial score (nSPS) is 0. The van der Waals surface area contributed by atoms with Crippen molar-refractivity contribution in [2.45, 2.75) is 0 Å². The van der Waals surface area contributed by atoms with E-state index in [1.807, 2.05) is 0 Å². The predicted octanol–water partition coefficient (Wildman–Crippen LogP) is -3.97. The van der Waals surface area contributed by atoms with Gasteiger partial charge in [0.05, 0.1) is 0 Å². The first-order chi connectivity index (χ1) is 0. The van der Waals surface area contributed by atoms with Crippen molar-refractivity contribution in [1.82, 2.24) is 0 Å². The molecule has 6 N–H and O–H groups in total. The minimum atomic E-state index is 0. The Balaban J connectivity index is 0. The first kappa shape index (κ1) is 78.5. The smallest absolute Gasteiger partial charge is 1.00 e. The largest absolute Gasteiger partial charge is 2.00 e. The Morgan fingerprint density at radius 2 is 0.833 bits per heavy atom. The average molecular weight is 152 g/mol. The van der Waals surface area contributed by atoms with Crippen LogP contribution in [0, 0.1) is 0 Å². The molecule has 0 fully saturated rings. The van der Waals surface area contributed by atoms with E-state index in [4.69, 9.17) is 0 Å². The van der Waals surface area contributed by atoms with Crippen molar-refractivity contribution in [3.05, 3.63) is 0 Å². The van der Waals surface area contributed by atoms with E-state index in [0.717, 1.165) is 0 Å². The second-order valence-corrected chi connectivity index (χ2v) is 0. The van der Waals surface area contributed by atoms with Crippen LogP contribution in [0.3, 0.4) is 0 Å². The minimum absolute atomic E-state index is 0. The molecule has 6 heteroatoms. The van der Waals surface area contributed by atoms with Crippen LogP contribution in [-0.2, 0) is 0 Å². The van der Waals surface area contributed by atoms with Crippen molar-refractivity contribution >= 4 is 78.2 Å². The van der Waals surface area contributed by atoms with Gasteiger partial charge in [-0.2, -0.15) is 0 Å². The monoisotopic (exact) mass is 152 g/mol. The standard InChI is InChI=1S/Al.Ca.Mg.3H2O.7H/h;;;3*1H2;;;;;;;/q;2*+2;;;;;;;4*-1. The van der Waals surface area contributed by atoms with Crippen LogP contribution in [0.4, 0.5) is 0 Å². The van der Waals surface area contributed by atoms with Gasteiger partial charge in [-0.25, -0.2) is 0 Å². The first-order valence-electron chi connectivity index (χ1n) is 0. The van der Waals surface area contributed by atoms with Gasteiger partial charge in [-0.15, -0.1) is 0 Å². The molecule has 0 rings (SSSR count). The molecule has 0 radical (unpaired) electrons. The summed E-state index contributed by atoms with van der Waals surface area (Å²) in [5.74, 6) is 0. The third-order valence-electron chi connectivity index (χ3n) is 0. The molecule has 0 heterocycles. The van der Waals surface area contributed by atoms with Crippen LogP contribution in [0.1, 0.15) is 5.71 Å². The van der Waals surface area contributed by atoms with Crippen molar-refractivity contribution in [2.75, 3.05) is 0 Å². The molecule has 38 valence electrons. The summed E-state index contributed by atoms with van der Waals surface area (Å²) in [7, 11) is 0. The SMILES string of the molecule is O.O.O.[AlH3].[Ca+2].[H-].[H-].[H-].[H-].[Mg+2]. The summed E-state index contributed by atoms with van der Waals surface area (Å²) in [6.45, 7) is 0. The van der Waals surface area contributed by atoms with E-state index in [9.17, 15) is 0 Å². The number of hydrogen-bond acceptors (Lipinski definition) is 0. The van der Waals surface area contributed by atoms with Crippen molar-refractivity contribution in [3.8, 4) is 0 Å². The van der Waals surface area contributed by atoms with Crippen LogP contribution in [0.2, 0.25) is 0 Å². The van der Waals surface area contributed by atoms with E-state index in [2.05, 4.69) is 0 Å². The van der Waals surface area contributed by atoms with E-state index in [1.54, 1.807) is 0 Å². The zero-order chi connectivity index (χ0) is 0. The number of hydrogen-bond donors (Lipinski definition) is 0. The third kappa shape index (κ3) is 32.0. The maximum absolute atomic E-state index is 0. The van der Waals surface area contributed by atoms with Gasteiger partial charge in [-0.3, -0.25) is 0 Å². The summed E-state index contributed by atoms with van der Waals surface area (Å²) in [6, 6.07) is 0. The Hall–Kier alpha value is 2.44. The molecule has 0 aromatic carbocycles. The molecule has 0 saturated carbocycles. The zero-order valence-corrected chi connectivity index (χ0v) is 6.54. The molecular weight excluding hydrogens is 139 g/mol. The molecule has 0 saturated heterocycles. The Kier molecular flexibility index (Phi) is 679. The Morgan fingerprint density at radius 1 is 0.833 bits per heavy atom. The molecule has 0 aliphatic carbocycles. The van der Waals surface area contributed by atoms with Crippen LogP contribution in [0.15, 0.2) is 0 Å². The maximum Gasteiger partial charge on any atom is 2.00 e. The third-order valence-corrected chi connectivity index (χ3v) is 0. The zero-order valence-electron chi connectivity index (χ0n) is 6.91. The van der Waals surface area contributed by atoms with Gasteiger partial charge in [-0.05, 0) is 0 Å². The van der Waals surface area contributed by atoms with Gasteiger partial charge in [-0.1, -0.05) is 0 Å². The van der Waals surface area contributed by atoms with E-state index in [-0.39, 0.29) is 100 Å². The number of rotatable bonds is 0. The van der Waals surface area contributed by atoms with Crippen molar-refractivity contribution < 1.29 is 22.1 Å². The molecule has 0 aromatic rings. The van der Waals surface area contributed by atoms with Crippen LogP contribution in [0.5, 0.6) is 0 Å². The van der Waals surface area contributed by atoms with Gasteiger partial charge in [0.25, 0.3) is 0 Å².